The number of hydrogen-bond donors (Lipinski definition) is 0. The number of carbonyl (C=O) groups is 2. The molecule has 4 nitrogen and oxygen atoms in total. The molecule has 5 heteroatoms. The summed E-state index contributed by atoms with van der Waals surface area (Å²) in [5.41, 5.74) is 2.15. The van der Waals surface area contributed by atoms with Gasteiger partial charge in [-0.15, -0.1) is 0 Å². The Morgan fingerprint density at radius 2 is 1.95 bits per heavy atom. The Labute approximate surface area is 133 Å². The number of fused-ring (bicyclic) bond motifs is 1. The van der Waals surface area contributed by atoms with E-state index in [1.807, 2.05) is 25.1 Å². The van der Waals surface area contributed by atoms with Crippen molar-refractivity contribution < 1.29 is 9.59 Å². The van der Waals surface area contributed by atoms with E-state index in [0.29, 0.717) is 11.4 Å². The minimum Gasteiger partial charge on any atom is -0.347 e. The lowest BCUT2D eigenvalue weighted by Crippen LogP contribution is -2.27. The molecule has 2 amide bonds. The normalized spacial score (nSPS) is 17.2. The van der Waals surface area contributed by atoms with E-state index in [-0.39, 0.29) is 11.1 Å². The number of nitrogens with zero attached hydrogens (tertiary/aromatic N) is 2. The molecule has 0 radical (unpaired) electrons. The van der Waals surface area contributed by atoms with Crippen molar-refractivity contribution in [3.8, 4) is 0 Å². The Bertz CT molecular complexity index is 776. The number of benzene rings is 1. The summed E-state index contributed by atoms with van der Waals surface area (Å²) < 4.78 is 2.20. The number of thioether (sulfide) groups is 1. The van der Waals surface area contributed by atoms with E-state index in [1.165, 1.54) is 4.90 Å². The number of likely N-dealkylation sites (N-methyl/N-ethyl adjacent to an activating group) is 1. The summed E-state index contributed by atoms with van der Waals surface area (Å²) in [6.07, 6.45) is 4.95. The minimum atomic E-state index is -0.190. The molecule has 3 rings (SSSR count). The molecular formula is C17H18N2O2S. The summed E-state index contributed by atoms with van der Waals surface area (Å²) in [4.78, 5) is 25.8. The van der Waals surface area contributed by atoms with Gasteiger partial charge in [-0.25, -0.2) is 0 Å². The van der Waals surface area contributed by atoms with Crippen LogP contribution in [0.5, 0.6) is 0 Å². The number of aryl methyl sites for hydroxylation is 1. The van der Waals surface area contributed by atoms with Gasteiger partial charge >= 0.3 is 0 Å². The molecule has 1 aliphatic rings. The second-order valence-corrected chi connectivity index (χ2v) is 6.21. The first-order valence-electron chi connectivity index (χ1n) is 7.49. The molecule has 0 atom stereocenters. The Kier molecular flexibility index (Phi) is 4.07. The second-order valence-electron chi connectivity index (χ2n) is 5.22. The summed E-state index contributed by atoms with van der Waals surface area (Å²) in [6.45, 7) is 5.30. The van der Waals surface area contributed by atoms with Crippen molar-refractivity contribution in [2.45, 2.75) is 26.8 Å². The van der Waals surface area contributed by atoms with Gasteiger partial charge in [-0.3, -0.25) is 14.5 Å². The highest BCUT2D eigenvalue weighted by atomic mass is 32.2. The quantitative estimate of drug-likeness (QED) is 0.798. The smallest absolute Gasteiger partial charge is 0.293 e. The molecule has 0 saturated carbocycles. The maximum atomic E-state index is 12.2. The van der Waals surface area contributed by atoms with Crippen LogP contribution in [0.4, 0.5) is 4.79 Å². The largest absolute Gasteiger partial charge is 0.347 e. The number of hydrogen-bond acceptors (Lipinski definition) is 3. The molecule has 2 aromatic rings. The first kappa shape index (κ1) is 14.9. The first-order chi connectivity index (χ1) is 10.7. The zero-order chi connectivity index (χ0) is 15.7. The monoisotopic (exact) mass is 314 g/mol. The van der Waals surface area contributed by atoms with E-state index < -0.39 is 0 Å². The number of rotatable bonds is 4. The predicted molar refractivity (Wildman–Crippen MR) is 90.6 cm³/mol. The topological polar surface area (TPSA) is 42.3 Å². The van der Waals surface area contributed by atoms with Crippen LogP contribution in [-0.4, -0.2) is 27.2 Å². The van der Waals surface area contributed by atoms with Crippen LogP contribution in [0.15, 0.2) is 35.4 Å². The Morgan fingerprint density at radius 1 is 1.18 bits per heavy atom. The third kappa shape index (κ3) is 2.46. The highest BCUT2D eigenvalue weighted by Crippen LogP contribution is 2.33. The third-order valence-corrected chi connectivity index (χ3v) is 4.67. The molecule has 22 heavy (non-hydrogen) atoms. The zero-order valence-corrected chi connectivity index (χ0v) is 13.5. The molecule has 0 spiro atoms. The minimum absolute atomic E-state index is 0.184. The van der Waals surface area contributed by atoms with Crippen molar-refractivity contribution >= 4 is 39.9 Å². The molecule has 0 N–H and O–H groups in total. The Hall–Kier alpha value is -2.01. The van der Waals surface area contributed by atoms with Gasteiger partial charge in [0.1, 0.15) is 0 Å². The second kappa shape index (κ2) is 6.01. The fraction of sp³-hybridized carbons (Fsp3) is 0.294. The number of aromatic nitrogens is 1. The zero-order valence-electron chi connectivity index (χ0n) is 12.7. The first-order valence-corrected chi connectivity index (χ1v) is 8.30. The van der Waals surface area contributed by atoms with Gasteiger partial charge in [0.2, 0.25) is 0 Å². The molecule has 1 fully saturated rings. The van der Waals surface area contributed by atoms with Gasteiger partial charge in [0.25, 0.3) is 11.1 Å². The number of imide groups is 1. The van der Waals surface area contributed by atoms with Crippen LogP contribution in [0, 0.1) is 0 Å². The lowest BCUT2D eigenvalue weighted by Gasteiger charge is -2.06. The highest BCUT2D eigenvalue weighted by molar-refractivity contribution is 8.18. The van der Waals surface area contributed by atoms with Crippen molar-refractivity contribution in [1.82, 2.24) is 9.47 Å². The van der Waals surface area contributed by atoms with E-state index in [9.17, 15) is 9.59 Å². The molecule has 1 aromatic carbocycles. The van der Waals surface area contributed by atoms with E-state index in [1.54, 1.807) is 0 Å². The van der Waals surface area contributed by atoms with Gasteiger partial charge in [-0.2, -0.15) is 0 Å². The lowest BCUT2D eigenvalue weighted by molar-refractivity contribution is -0.122. The van der Waals surface area contributed by atoms with Crippen molar-refractivity contribution in [1.29, 1.82) is 0 Å². The summed E-state index contributed by atoms with van der Waals surface area (Å²) >= 11 is 1.02. The molecule has 0 unspecified atom stereocenters. The number of para-hydroxylation sites is 1. The van der Waals surface area contributed by atoms with Crippen LogP contribution in [0.3, 0.4) is 0 Å². The van der Waals surface area contributed by atoms with Gasteiger partial charge in [0.15, 0.2) is 0 Å². The maximum absolute atomic E-state index is 12.2. The third-order valence-electron chi connectivity index (χ3n) is 3.76. The van der Waals surface area contributed by atoms with Gasteiger partial charge in [-0.1, -0.05) is 25.1 Å². The van der Waals surface area contributed by atoms with E-state index >= 15 is 0 Å². The molecule has 0 bridgehead atoms. The number of carbonyl (C=O) groups excluding carboxylic acids is 2. The molecule has 0 aliphatic carbocycles. The van der Waals surface area contributed by atoms with Gasteiger partial charge in [0, 0.05) is 35.8 Å². The van der Waals surface area contributed by atoms with Crippen LogP contribution in [0.25, 0.3) is 17.0 Å². The lowest BCUT2D eigenvalue weighted by atomic mass is 10.1. The molecule has 2 heterocycles. The summed E-state index contributed by atoms with van der Waals surface area (Å²) in [5, 5.41) is 0.926. The Morgan fingerprint density at radius 3 is 2.64 bits per heavy atom. The summed E-state index contributed by atoms with van der Waals surface area (Å²) in [5.74, 6) is -0.190. The molecular weight excluding hydrogens is 296 g/mol. The molecule has 114 valence electrons. The van der Waals surface area contributed by atoms with E-state index in [4.69, 9.17) is 0 Å². The van der Waals surface area contributed by atoms with Crippen molar-refractivity contribution in [3.05, 3.63) is 40.9 Å². The number of amides is 2. The van der Waals surface area contributed by atoms with Crippen molar-refractivity contribution in [2.75, 3.05) is 6.54 Å². The fourth-order valence-corrected chi connectivity index (χ4v) is 3.62. The van der Waals surface area contributed by atoms with Crippen LogP contribution in [0.2, 0.25) is 0 Å². The molecule has 1 saturated heterocycles. The van der Waals surface area contributed by atoms with Gasteiger partial charge in [0.05, 0.1) is 4.91 Å². The average molecular weight is 314 g/mol. The standard InChI is InChI=1S/C17H18N2O2S/c1-3-9-18-11-12(13-7-5-6-8-14(13)18)10-15-16(20)19(4-2)17(21)22-15/h5-8,10-11H,3-4,9H2,1-2H3/b15-10-. The average Bonchev–Trinajstić information content (AvgIpc) is 2.99. The van der Waals surface area contributed by atoms with E-state index in [2.05, 4.69) is 29.8 Å². The van der Waals surface area contributed by atoms with Gasteiger partial charge in [-0.05, 0) is 37.2 Å². The van der Waals surface area contributed by atoms with E-state index in [0.717, 1.165) is 41.2 Å². The summed E-state index contributed by atoms with van der Waals surface area (Å²) in [6, 6.07) is 8.15. The van der Waals surface area contributed by atoms with Crippen LogP contribution in [-0.2, 0) is 11.3 Å². The predicted octanol–water partition coefficient (Wildman–Crippen LogP) is 4.11. The van der Waals surface area contributed by atoms with Crippen molar-refractivity contribution in [3.63, 3.8) is 0 Å². The highest BCUT2D eigenvalue weighted by Gasteiger charge is 2.33. The van der Waals surface area contributed by atoms with Crippen LogP contribution in [0.1, 0.15) is 25.8 Å². The maximum Gasteiger partial charge on any atom is 0.293 e. The van der Waals surface area contributed by atoms with Crippen molar-refractivity contribution in [2.24, 2.45) is 0 Å². The van der Waals surface area contributed by atoms with Crippen LogP contribution >= 0.6 is 11.8 Å². The summed E-state index contributed by atoms with van der Waals surface area (Å²) in [7, 11) is 0. The fourth-order valence-electron chi connectivity index (χ4n) is 2.73. The Balaban J connectivity index is 2.06. The SMILES string of the molecule is CCCn1cc(/C=C2\SC(=O)N(CC)C2=O)c2ccccc21. The molecule has 1 aliphatic heterocycles. The molecule has 1 aromatic heterocycles. The van der Waals surface area contributed by atoms with Crippen LogP contribution < -0.4 is 0 Å². The van der Waals surface area contributed by atoms with Gasteiger partial charge < -0.3 is 4.57 Å².